The number of fused-ring (bicyclic) bond motifs is 11. The largest absolute Gasteiger partial charge is 0.309 e. The predicted octanol–water partition coefficient (Wildman–Crippen LogP) is 13.6. The maximum Gasteiger partial charge on any atom is 0.220 e. The molecule has 1 aliphatic heterocycles. The van der Waals surface area contributed by atoms with Gasteiger partial charge in [-0.1, -0.05) is 130 Å². The second kappa shape index (κ2) is 11.2. The first-order chi connectivity index (χ1) is 28.5. The van der Waals surface area contributed by atoms with Crippen LogP contribution in [0, 0.1) is 0 Å². The zero-order valence-electron chi connectivity index (χ0n) is 36.2. The average molecular weight is 783 g/mol. The van der Waals surface area contributed by atoms with Crippen molar-refractivity contribution in [2.75, 3.05) is 0 Å². The highest BCUT2D eigenvalue weighted by Gasteiger charge is 2.46. The summed E-state index contributed by atoms with van der Waals surface area (Å²) in [6.45, 7) is 23.2. The molecule has 11 aromatic rings. The lowest BCUT2D eigenvalue weighted by molar-refractivity contribution is 0.288. The molecule has 6 heterocycles. The van der Waals surface area contributed by atoms with Crippen LogP contribution in [-0.2, 0) is 21.7 Å². The van der Waals surface area contributed by atoms with Gasteiger partial charge in [-0.3, -0.25) is 13.4 Å². The van der Waals surface area contributed by atoms with Gasteiger partial charge in [-0.25, -0.2) is 9.97 Å². The van der Waals surface area contributed by atoms with Crippen LogP contribution in [0.4, 0.5) is 0 Å². The lowest BCUT2D eigenvalue weighted by atomic mass is 9.61. The van der Waals surface area contributed by atoms with Crippen molar-refractivity contribution in [3.05, 3.63) is 144 Å². The smallest absolute Gasteiger partial charge is 0.220 e. The molecule has 6 heteroatoms. The Hall–Kier alpha value is -6.40. The number of pyridine rings is 1. The summed E-state index contributed by atoms with van der Waals surface area (Å²) < 4.78 is 9.65. The van der Waals surface area contributed by atoms with Gasteiger partial charge in [0, 0.05) is 50.0 Å². The van der Waals surface area contributed by atoms with Crippen LogP contribution in [0.15, 0.2) is 121 Å². The Morgan fingerprint density at radius 3 is 1.92 bits per heavy atom. The standard InChI is InChI=1S/C54H50N6/c1-51(2,3)31-18-24-41-45(26-31)59-46-27-32(52(4,5)6)19-25-43(46)58(50(59)56-41)34-21-23-37-36-14-11-12-17-42(36)57(44(37)29-34)33-20-22-35-38-15-13-16-40-48(38)60-47(54(9,10)53(40,7)8)30-55-49(60)39(35)28-33/h11-30H,1-10H3. The average Bonchev–Trinajstić information content (AvgIpc) is 3.98. The van der Waals surface area contributed by atoms with E-state index in [0.717, 1.165) is 50.3 Å². The summed E-state index contributed by atoms with van der Waals surface area (Å²) in [5.41, 5.74) is 16.3. The molecule has 6 aromatic carbocycles. The molecule has 12 rings (SSSR count). The van der Waals surface area contributed by atoms with Crippen molar-refractivity contribution >= 4 is 77.0 Å². The van der Waals surface area contributed by atoms with Crippen molar-refractivity contribution in [2.45, 2.75) is 90.9 Å². The third-order valence-corrected chi connectivity index (χ3v) is 14.6. The van der Waals surface area contributed by atoms with Crippen molar-refractivity contribution in [3.8, 4) is 11.4 Å². The van der Waals surface area contributed by atoms with Crippen molar-refractivity contribution in [3.63, 3.8) is 0 Å². The van der Waals surface area contributed by atoms with Gasteiger partial charge in [-0.15, -0.1) is 0 Å². The minimum Gasteiger partial charge on any atom is -0.309 e. The van der Waals surface area contributed by atoms with E-state index in [2.05, 4.69) is 209 Å². The molecule has 296 valence electrons. The fourth-order valence-corrected chi connectivity index (χ4v) is 10.5. The van der Waals surface area contributed by atoms with E-state index in [1.165, 1.54) is 60.5 Å². The van der Waals surface area contributed by atoms with Crippen LogP contribution < -0.4 is 0 Å². The summed E-state index contributed by atoms with van der Waals surface area (Å²) in [6.07, 6.45) is 2.13. The molecule has 1 aliphatic rings. The first kappa shape index (κ1) is 35.5. The van der Waals surface area contributed by atoms with Crippen LogP contribution >= 0.6 is 0 Å². The normalized spacial score (nSPS) is 15.4. The Kier molecular flexibility index (Phi) is 6.66. The SMILES string of the molecule is CC(C)(C)c1ccc2nc3n(-c4ccc5c6ccccc6n(-c6ccc7c(c6)c6ncc8n6c6c(cccc76)C(C)(C)C8(C)C)c5c4)c4ccc(C(C)(C)C)cc4n3c2c1. The first-order valence-electron chi connectivity index (χ1n) is 21.4. The summed E-state index contributed by atoms with van der Waals surface area (Å²) in [7, 11) is 0. The van der Waals surface area contributed by atoms with Gasteiger partial charge in [0.15, 0.2) is 0 Å². The minimum absolute atomic E-state index is 0.00283. The first-order valence-corrected chi connectivity index (χ1v) is 21.4. The van der Waals surface area contributed by atoms with E-state index in [1.807, 2.05) is 0 Å². The highest BCUT2D eigenvalue weighted by molar-refractivity contribution is 6.15. The summed E-state index contributed by atoms with van der Waals surface area (Å²) in [5, 5.41) is 6.11. The molecule has 0 unspecified atom stereocenters. The van der Waals surface area contributed by atoms with E-state index >= 15 is 0 Å². The number of aromatic nitrogens is 6. The molecule has 0 spiro atoms. The number of rotatable bonds is 2. The summed E-state index contributed by atoms with van der Waals surface area (Å²) in [6, 6.07) is 43.4. The van der Waals surface area contributed by atoms with Gasteiger partial charge in [0.05, 0.1) is 44.3 Å². The lowest BCUT2D eigenvalue weighted by Crippen LogP contribution is -2.44. The Labute approximate surface area is 349 Å². The number of para-hydroxylation sites is 2. The van der Waals surface area contributed by atoms with Crippen molar-refractivity contribution in [1.82, 2.24) is 27.9 Å². The quantitative estimate of drug-likeness (QED) is 0.164. The lowest BCUT2D eigenvalue weighted by Gasteiger charge is -2.45. The third kappa shape index (κ3) is 4.43. The predicted molar refractivity (Wildman–Crippen MR) is 251 cm³/mol. The van der Waals surface area contributed by atoms with Gasteiger partial charge >= 0.3 is 0 Å². The highest BCUT2D eigenvalue weighted by Crippen LogP contribution is 2.51. The number of hydrogen-bond acceptors (Lipinski definition) is 2. The molecule has 0 bridgehead atoms. The maximum absolute atomic E-state index is 5.38. The highest BCUT2D eigenvalue weighted by atomic mass is 15.2. The monoisotopic (exact) mass is 782 g/mol. The molecule has 0 N–H and O–H groups in total. The van der Waals surface area contributed by atoms with Crippen LogP contribution in [0.5, 0.6) is 0 Å². The van der Waals surface area contributed by atoms with Crippen LogP contribution in [0.1, 0.15) is 91.6 Å². The van der Waals surface area contributed by atoms with Gasteiger partial charge in [0.1, 0.15) is 5.65 Å². The molecule has 0 fully saturated rings. The molecule has 0 atom stereocenters. The van der Waals surface area contributed by atoms with Crippen LogP contribution in [0.2, 0.25) is 0 Å². The molecule has 5 aromatic heterocycles. The van der Waals surface area contributed by atoms with Gasteiger partial charge in [-0.2, -0.15) is 0 Å². The number of imidazole rings is 3. The Morgan fingerprint density at radius 2 is 1.15 bits per heavy atom. The van der Waals surface area contributed by atoms with Crippen molar-refractivity contribution in [2.24, 2.45) is 0 Å². The Bertz CT molecular complexity index is 3680. The van der Waals surface area contributed by atoms with E-state index < -0.39 is 0 Å². The maximum atomic E-state index is 5.38. The van der Waals surface area contributed by atoms with Crippen molar-refractivity contribution in [1.29, 1.82) is 0 Å². The second-order valence-electron chi connectivity index (χ2n) is 20.5. The van der Waals surface area contributed by atoms with E-state index in [1.54, 1.807) is 0 Å². The molecule has 60 heavy (non-hydrogen) atoms. The van der Waals surface area contributed by atoms with Gasteiger partial charge in [-0.05, 0) is 87.5 Å². The molecule has 0 amide bonds. The zero-order chi connectivity index (χ0) is 41.4. The summed E-state index contributed by atoms with van der Waals surface area (Å²) in [5.74, 6) is 0.918. The van der Waals surface area contributed by atoms with Gasteiger partial charge in [0.25, 0.3) is 0 Å². The van der Waals surface area contributed by atoms with Crippen LogP contribution in [0.3, 0.4) is 0 Å². The number of nitrogens with zero attached hydrogens (tertiary/aromatic N) is 6. The van der Waals surface area contributed by atoms with Crippen LogP contribution in [-0.4, -0.2) is 27.9 Å². The summed E-state index contributed by atoms with van der Waals surface area (Å²) in [4.78, 5) is 10.6. The molecule has 0 radical (unpaired) electrons. The fraction of sp³-hybridized carbons (Fsp3) is 0.259. The van der Waals surface area contributed by atoms with Crippen LogP contribution in [0.25, 0.3) is 88.3 Å². The Balaban J connectivity index is 1.15. The molecular formula is C54H50N6. The molecular weight excluding hydrogens is 733 g/mol. The fourth-order valence-electron chi connectivity index (χ4n) is 10.5. The molecule has 6 nitrogen and oxygen atoms in total. The van der Waals surface area contributed by atoms with E-state index in [9.17, 15) is 0 Å². The number of hydrogen-bond donors (Lipinski definition) is 0. The number of benzene rings is 6. The van der Waals surface area contributed by atoms with E-state index in [0.29, 0.717) is 0 Å². The third-order valence-electron chi connectivity index (χ3n) is 14.6. The topological polar surface area (TPSA) is 44.5 Å². The van der Waals surface area contributed by atoms with E-state index in [-0.39, 0.29) is 21.7 Å². The van der Waals surface area contributed by atoms with Crippen molar-refractivity contribution < 1.29 is 0 Å². The molecule has 0 saturated carbocycles. The summed E-state index contributed by atoms with van der Waals surface area (Å²) >= 11 is 0. The second-order valence-corrected chi connectivity index (χ2v) is 20.5. The Morgan fingerprint density at radius 1 is 0.483 bits per heavy atom. The van der Waals surface area contributed by atoms with Gasteiger partial charge < -0.3 is 4.57 Å². The molecule has 0 aliphatic carbocycles. The van der Waals surface area contributed by atoms with Gasteiger partial charge in [0.2, 0.25) is 5.78 Å². The molecule has 0 saturated heterocycles. The minimum atomic E-state index is -0.111. The van der Waals surface area contributed by atoms with E-state index in [4.69, 9.17) is 9.97 Å². The zero-order valence-corrected chi connectivity index (χ0v) is 36.2.